The molecule has 0 bridgehead atoms. The van der Waals surface area contributed by atoms with Gasteiger partial charge >= 0.3 is 6.09 Å². The minimum absolute atomic E-state index is 0.395. The van der Waals surface area contributed by atoms with Gasteiger partial charge in [0.15, 0.2) is 5.82 Å². The Morgan fingerprint density at radius 2 is 1.97 bits per heavy atom. The van der Waals surface area contributed by atoms with Crippen molar-refractivity contribution in [1.29, 1.82) is 0 Å². The smallest absolute Gasteiger partial charge is 0.407 e. The molecule has 3 aromatic rings. The van der Waals surface area contributed by atoms with E-state index in [1.807, 2.05) is 57.3 Å². The van der Waals surface area contributed by atoms with Gasteiger partial charge in [0.1, 0.15) is 11.3 Å². The summed E-state index contributed by atoms with van der Waals surface area (Å²) in [6.45, 7) is 10.8. The number of hydrogen-bond donors (Lipinski definition) is 2. The fourth-order valence-corrected chi connectivity index (χ4v) is 3.82. The quantitative estimate of drug-likeness (QED) is 0.649. The standard InChI is InChI=1S/C24H30N6O2/c1-16-15-30(12-11-26-16)22-20-14-25-10-9-19(20)21(28-29-22)18-7-5-17(6-8-18)13-27-23(31)32-24(2,3)4/h5-10,14,16,26H,11-13,15H2,1-4H3,(H,27,31). The maximum absolute atomic E-state index is 11.9. The van der Waals surface area contributed by atoms with Gasteiger partial charge in [0.25, 0.3) is 0 Å². The predicted molar refractivity (Wildman–Crippen MR) is 126 cm³/mol. The molecule has 1 aliphatic rings. The SMILES string of the molecule is CC1CN(c2nnc(-c3ccc(CNC(=O)OC(C)(C)C)cc3)c3ccncc23)CCN1. The van der Waals surface area contributed by atoms with Crippen LogP contribution in [0.3, 0.4) is 0 Å². The molecule has 2 N–H and O–H groups in total. The minimum Gasteiger partial charge on any atom is -0.444 e. The third kappa shape index (κ3) is 5.13. The molecule has 3 heterocycles. The third-order valence-electron chi connectivity index (χ3n) is 5.29. The van der Waals surface area contributed by atoms with E-state index in [2.05, 4.69) is 37.6 Å². The van der Waals surface area contributed by atoms with Crippen LogP contribution in [0.4, 0.5) is 10.6 Å². The summed E-state index contributed by atoms with van der Waals surface area (Å²) in [5.41, 5.74) is 2.25. The summed E-state index contributed by atoms with van der Waals surface area (Å²) in [5.74, 6) is 0.878. The molecule has 0 radical (unpaired) electrons. The van der Waals surface area contributed by atoms with E-state index in [4.69, 9.17) is 4.74 Å². The summed E-state index contributed by atoms with van der Waals surface area (Å²) in [7, 11) is 0. The van der Waals surface area contributed by atoms with Crippen LogP contribution >= 0.6 is 0 Å². The van der Waals surface area contributed by atoms with Crippen molar-refractivity contribution < 1.29 is 9.53 Å². The Labute approximate surface area is 188 Å². The van der Waals surface area contributed by atoms with Gasteiger partial charge in [-0.2, -0.15) is 0 Å². The van der Waals surface area contributed by atoms with E-state index in [-0.39, 0.29) is 0 Å². The predicted octanol–water partition coefficient (Wildman–Crippen LogP) is 3.51. The lowest BCUT2D eigenvalue weighted by Gasteiger charge is -2.33. The summed E-state index contributed by atoms with van der Waals surface area (Å²) in [6.07, 6.45) is 3.23. The van der Waals surface area contributed by atoms with Crippen LogP contribution in [0.2, 0.25) is 0 Å². The van der Waals surface area contributed by atoms with Crippen LogP contribution in [0, 0.1) is 0 Å². The number of alkyl carbamates (subject to hydrolysis) is 1. The number of nitrogens with one attached hydrogen (secondary N) is 2. The first-order valence-electron chi connectivity index (χ1n) is 10.9. The molecule has 1 aromatic carbocycles. The molecule has 1 unspecified atom stereocenters. The summed E-state index contributed by atoms with van der Waals surface area (Å²) in [4.78, 5) is 18.5. The van der Waals surface area contributed by atoms with E-state index in [1.54, 1.807) is 6.20 Å². The summed E-state index contributed by atoms with van der Waals surface area (Å²) < 4.78 is 5.29. The van der Waals surface area contributed by atoms with Crippen LogP contribution in [-0.2, 0) is 11.3 Å². The number of fused-ring (bicyclic) bond motifs is 1. The number of carbonyl (C=O) groups is 1. The van der Waals surface area contributed by atoms with Crippen molar-refractivity contribution in [2.24, 2.45) is 0 Å². The van der Waals surface area contributed by atoms with E-state index < -0.39 is 11.7 Å². The number of piperazine rings is 1. The number of pyridine rings is 1. The number of benzene rings is 1. The average Bonchev–Trinajstić information content (AvgIpc) is 2.76. The van der Waals surface area contributed by atoms with Crippen LogP contribution < -0.4 is 15.5 Å². The third-order valence-corrected chi connectivity index (χ3v) is 5.29. The summed E-state index contributed by atoms with van der Waals surface area (Å²) in [5, 5.41) is 17.5. The van der Waals surface area contributed by atoms with Gasteiger partial charge in [-0.3, -0.25) is 4.98 Å². The molecular weight excluding hydrogens is 404 g/mol. The van der Waals surface area contributed by atoms with Crippen molar-refractivity contribution in [2.75, 3.05) is 24.5 Å². The van der Waals surface area contributed by atoms with Crippen LogP contribution in [0.1, 0.15) is 33.3 Å². The number of rotatable bonds is 4. The Morgan fingerprint density at radius 1 is 1.19 bits per heavy atom. The molecule has 0 aliphatic carbocycles. The van der Waals surface area contributed by atoms with Gasteiger partial charge in [0.2, 0.25) is 0 Å². The highest BCUT2D eigenvalue weighted by molar-refractivity contribution is 5.99. The fraction of sp³-hybridized carbons (Fsp3) is 0.417. The molecule has 32 heavy (non-hydrogen) atoms. The molecule has 1 aliphatic heterocycles. The number of amides is 1. The fourth-order valence-electron chi connectivity index (χ4n) is 3.82. The van der Waals surface area contributed by atoms with E-state index in [1.165, 1.54) is 0 Å². The highest BCUT2D eigenvalue weighted by Crippen LogP contribution is 2.31. The van der Waals surface area contributed by atoms with Crippen LogP contribution in [-0.4, -0.2) is 52.6 Å². The zero-order valence-electron chi connectivity index (χ0n) is 19.1. The molecule has 1 saturated heterocycles. The monoisotopic (exact) mass is 434 g/mol. The van der Waals surface area contributed by atoms with Gasteiger partial charge in [-0.15, -0.1) is 10.2 Å². The number of aromatic nitrogens is 3. The molecule has 1 amide bonds. The van der Waals surface area contributed by atoms with E-state index in [0.29, 0.717) is 12.6 Å². The number of carbonyl (C=O) groups excluding carboxylic acids is 1. The molecule has 1 atom stereocenters. The van der Waals surface area contributed by atoms with Gasteiger partial charge in [0.05, 0.1) is 0 Å². The second-order valence-corrected chi connectivity index (χ2v) is 9.15. The Bertz CT molecular complexity index is 1090. The van der Waals surface area contributed by atoms with Crippen molar-refractivity contribution >= 4 is 22.7 Å². The minimum atomic E-state index is -0.516. The van der Waals surface area contributed by atoms with E-state index >= 15 is 0 Å². The molecule has 168 valence electrons. The highest BCUT2D eigenvalue weighted by Gasteiger charge is 2.21. The van der Waals surface area contributed by atoms with E-state index in [0.717, 1.165) is 53.0 Å². The second kappa shape index (κ2) is 9.08. The first-order chi connectivity index (χ1) is 15.3. The van der Waals surface area contributed by atoms with Gasteiger partial charge in [-0.25, -0.2) is 4.79 Å². The Hall–Kier alpha value is -3.26. The molecule has 8 nitrogen and oxygen atoms in total. The largest absolute Gasteiger partial charge is 0.444 e. The molecule has 2 aromatic heterocycles. The number of ether oxygens (including phenoxy) is 1. The zero-order valence-corrected chi connectivity index (χ0v) is 19.1. The lowest BCUT2D eigenvalue weighted by molar-refractivity contribution is 0.0523. The normalized spacial score (nSPS) is 16.8. The highest BCUT2D eigenvalue weighted by atomic mass is 16.6. The lowest BCUT2D eigenvalue weighted by atomic mass is 10.0. The van der Waals surface area contributed by atoms with Crippen molar-refractivity contribution in [2.45, 2.75) is 45.9 Å². The molecule has 8 heteroatoms. The number of nitrogens with zero attached hydrogens (tertiary/aromatic N) is 4. The van der Waals surface area contributed by atoms with Crippen molar-refractivity contribution in [3.63, 3.8) is 0 Å². The van der Waals surface area contributed by atoms with Gasteiger partial charge in [0, 0.05) is 61.0 Å². The van der Waals surface area contributed by atoms with Crippen LogP contribution in [0.5, 0.6) is 0 Å². The maximum Gasteiger partial charge on any atom is 0.407 e. The van der Waals surface area contributed by atoms with Crippen LogP contribution in [0.25, 0.3) is 22.0 Å². The molecular formula is C24H30N6O2. The topological polar surface area (TPSA) is 92.3 Å². The van der Waals surface area contributed by atoms with Gasteiger partial charge < -0.3 is 20.3 Å². The molecule has 0 saturated carbocycles. The Morgan fingerprint density at radius 3 is 2.69 bits per heavy atom. The molecule has 1 fully saturated rings. The molecule has 0 spiro atoms. The lowest BCUT2D eigenvalue weighted by Crippen LogP contribution is -2.49. The summed E-state index contributed by atoms with van der Waals surface area (Å²) >= 11 is 0. The van der Waals surface area contributed by atoms with E-state index in [9.17, 15) is 4.79 Å². The molecule has 4 rings (SSSR count). The van der Waals surface area contributed by atoms with Crippen LogP contribution in [0.15, 0.2) is 42.7 Å². The average molecular weight is 435 g/mol. The summed E-state index contributed by atoms with van der Waals surface area (Å²) in [6, 6.07) is 10.4. The first-order valence-corrected chi connectivity index (χ1v) is 10.9. The zero-order chi connectivity index (χ0) is 22.7. The maximum atomic E-state index is 11.9. The number of hydrogen-bond acceptors (Lipinski definition) is 7. The van der Waals surface area contributed by atoms with Gasteiger partial charge in [-0.1, -0.05) is 24.3 Å². The first kappa shape index (κ1) is 22.0. The number of anilines is 1. The van der Waals surface area contributed by atoms with Gasteiger partial charge in [-0.05, 0) is 39.3 Å². The van der Waals surface area contributed by atoms with Crippen molar-refractivity contribution in [1.82, 2.24) is 25.8 Å². The van der Waals surface area contributed by atoms with Crippen molar-refractivity contribution in [3.8, 4) is 11.3 Å². The second-order valence-electron chi connectivity index (χ2n) is 9.15. The van der Waals surface area contributed by atoms with Crippen molar-refractivity contribution in [3.05, 3.63) is 48.3 Å². The Balaban J connectivity index is 1.55. The Kier molecular flexibility index (Phi) is 6.23.